The minimum atomic E-state index is -3.05. The SMILES string of the molecule is CN(CC(=O)NC1CCS(=O)(=O)C1)Cn1nc(-c2cccs2)c2ccccc2c1=O. The van der Waals surface area contributed by atoms with Crippen molar-refractivity contribution < 1.29 is 13.2 Å². The van der Waals surface area contributed by atoms with Crippen LogP contribution in [0.2, 0.25) is 0 Å². The molecular weight excluding hydrogens is 424 g/mol. The first-order valence-electron chi connectivity index (χ1n) is 9.54. The molecule has 0 radical (unpaired) electrons. The molecule has 1 saturated heterocycles. The van der Waals surface area contributed by atoms with E-state index >= 15 is 0 Å². The van der Waals surface area contributed by atoms with E-state index in [0.717, 1.165) is 16.0 Å². The third-order valence-electron chi connectivity index (χ3n) is 5.01. The van der Waals surface area contributed by atoms with E-state index in [2.05, 4.69) is 10.4 Å². The van der Waals surface area contributed by atoms with Crippen molar-refractivity contribution >= 4 is 37.9 Å². The second-order valence-electron chi connectivity index (χ2n) is 7.50. The van der Waals surface area contributed by atoms with Gasteiger partial charge in [-0.25, -0.2) is 13.1 Å². The van der Waals surface area contributed by atoms with Crippen molar-refractivity contribution in [2.75, 3.05) is 25.1 Å². The Morgan fingerprint density at radius 2 is 2.03 bits per heavy atom. The van der Waals surface area contributed by atoms with Crippen LogP contribution >= 0.6 is 11.3 Å². The maximum Gasteiger partial charge on any atom is 0.275 e. The first-order chi connectivity index (χ1) is 14.3. The summed E-state index contributed by atoms with van der Waals surface area (Å²) in [5.74, 6) is -0.180. The second-order valence-corrected chi connectivity index (χ2v) is 10.7. The van der Waals surface area contributed by atoms with Gasteiger partial charge in [-0.15, -0.1) is 11.3 Å². The zero-order valence-electron chi connectivity index (χ0n) is 16.4. The zero-order valence-corrected chi connectivity index (χ0v) is 18.1. The van der Waals surface area contributed by atoms with Crippen LogP contribution in [0.4, 0.5) is 0 Å². The van der Waals surface area contributed by atoms with Crippen molar-refractivity contribution in [2.24, 2.45) is 0 Å². The molecule has 30 heavy (non-hydrogen) atoms. The van der Waals surface area contributed by atoms with Crippen LogP contribution < -0.4 is 10.9 Å². The van der Waals surface area contributed by atoms with Crippen molar-refractivity contribution in [3.63, 3.8) is 0 Å². The van der Waals surface area contributed by atoms with E-state index in [4.69, 9.17) is 0 Å². The summed E-state index contributed by atoms with van der Waals surface area (Å²) in [6, 6.07) is 10.9. The number of sulfone groups is 1. The number of fused-ring (bicyclic) bond motifs is 1. The van der Waals surface area contributed by atoms with Crippen LogP contribution in [0.15, 0.2) is 46.6 Å². The van der Waals surface area contributed by atoms with Crippen molar-refractivity contribution in [1.82, 2.24) is 20.0 Å². The first-order valence-corrected chi connectivity index (χ1v) is 12.2. The lowest BCUT2D eigenvalue weighted by molar-refractivity contribution is -0.122. The lowest BCUT2D eigenvalue weighted by Gasteiger charge is -2.19. The zero-order chi connectivity index (χ0) is 21.3. The van der Waals surface area contributed by atoms with E-state index in [1.54, 1.807) is 29.4 Å². The van der Waals surface area contributed by atoms with E-state index in [1.165, 1.54) is 4.68 Å². The van der Waals surface area contributed by atoms with Gasteiger partial charge in [-0.05, 0) is 31.0 Å². The highest BCUT2D eigenvalue weighted by molar-refractivity contribution is 7.91. The number of carbonyl (C=O) groups is 1. The molecular formula is C20H22N4O4S2. The minimum absolute atomic E-state index is 0.0156. The lowest BCUT2D eigenvalue weighted by Crippen LogP contribution is -2.43. The number of benzene rings is 1. The Kier molecular flexibility index (Phi) is 5.72. The highest BCUT2D eigenvalue weighted by Gasteiger charge is 2.29. The predicted octanol–water partition coefficient (Wildman–Crippen LogP) is 1.32. The smallest absolute Gasteiger partial charge is 0.275 e. The summed E-state index contributed by atoms with van der Waals surface area (Å²) in [6.07, 6.45) is 0.438. The van der Waals surface area contributed by atoms with Gasteiger partial charge in [0.25, 0.3) is 5.56 Å². The monoisotopic (exact) mass is 446 g/mol. The number of amides is 1. The topological polar surface area (TPSA) is 101 Å². The van der Waals surface area contributed by atoms with Gasteiger partial charge in [-0.1, -0.05) is 24.3 Å². The molecule has 158 valence electrons. The van der Waals surface area contributed by atoms with Gasteiger partial charge in [0, 0.05) is 11.4 Å². The first kappa shape index (κ1) is 20.7. The van der Waals surface area contributed by atoms with E-state index < -0.39 is 9.84 Å². The molecule has 1 N–H and O–H groups in total. The maximum absolute atomic E-state index is 12.9. The van der Waals surface area contributed by atoms with E-state index in [0.29, 0.717) is 11.8 Å². The molecule has 10 heteroatoms. The quantitative estimate of drug-likeness (QED) is 0.613. The Hall–Kier alpha value is -2.56. The summed E-state index contributed by atoms with van der Waals surface area (Å²) in [7, 11) is -1.33. The van der Waals surface area contributed by atoms with Gasteiger partial charge in [0.05, 0.1) is 35.0 Å². The molecule has 3 heterocycles. The molecule has 0 bridgehead atoms. The average Bonchev–Trinajstić information content (AvgIpc) is 3.33. The van der Waals surface area contributed by atoms with Gasteiger partial charge in [-0.3, -0.25) is 14.5 Å². The summed E-state index contributed by atoms with van der Waals surface area (Å²) in [5.41, 5.74) is 0.509. The van der Waals surface area contributed by atoms with Gasteiger partial charge in [0.1, 0.15) is 5.69 Å². The molecule has 8 nitrogen and oxygen atoms in total. The van der Waals surface area contributed by atoms with Gasteiger partial charge in [-0.2, -0.15) is 5.10 Å². The van der Waals surface area contributed by atoms with E-state index in [1.807, 2.05) is 35.7 Å². The highest BCUT2D eigenvalue weighted by Crippen LogP contribution is 2.28. The number of nitrogens with one attached hydrogen (secondary N) is 1. The maximum atomic E-state index is 12.9. The van der Waals surface area contributed by atoms with Crippen LogP contribution in [0.1, 0.15) is 6.42 Å². The van der Waals surface area contributed by atoms with Crippen LogP contribution in [0.5, 0.6) is 0 Å². The summed E-state index contributed by atoms with van der Waals surface area (Å²) in [5, 5.41) is 10.7. The molecule has 4 rings (SSSR count). The number of nitrogens with zero attached hydrogens (tertiary/aromatic N) is 3. The van der Waals surface area contributed by atoms with Crippen LogP contribution in [0.3, 0.4) is 0 Å². The van der Waals surface area contributed by atoms with Crippen LogP contribution in [-0.4, -0.2) is 60.1 Å². The molecule has 2 aromatic heterocycles. The summed E-state index contributed by atoms with van der Waals surface area (Å²) in [6.45, 7) is 0.171. The summed E-state index contributed by atoms with van der Waals surface area (Å²) < 4.78 is 24.5. The molecule has 0 aliphatic carbocycles. The van der Waals surface area contributed by atoms with Crippen molar-refractivity contribution in [3.8, 4) is 10.6 Å². The lowest BCUT2D eigenvalue weighted by atomic mass is 10.1. The summed E-state index contributed by atoms with van der Waals surface area (Å²) >= 11 is 1.55. The molecule has 1 aliphatic heterocycles. The molecule has 1 aromatic carbocycles. The Bertz CT molecular complexity index is 1240. The number of hydrogen-bond acceptors (Lipinski definition) is 7. The number of carbonyl (C=O) groups excluding carboxylic acids is 1. The highest BCUT2D eigenvalue weighted by atomic mass is 32.2. The van der Waals surface area contributed by atoms with E-state index in [-0.39, 0.29) is 42.2 Å². The van der Waals surface area contributed by atoms with Crippen molar-refractivity contribution in [2.45, 2.75) is 19.1 Å². The number of likely N-dealkylation sites (N-methyl/N-ethyl adjacent to an activating group) is 1. The Morgan fingerprint density at radius 1 is 1.27 bits per heavy atom. The van der Waals surface area contributed by atoms with Crippen molar-refractivity contribution in [3.05, 3.63) is 52.1 Å². The fourth-order valence-electron chi connectivity index (χ4n) is 3.63. The molecule has 3 aromatic rings. The van der Waals surface area contributed by atoms with Crippen LogP contribution in [0, 0.1) is 0 Å². The Morgan fingerprint density at radius 3 is 2.70 bits per heavy atom. The van der Waals surface area contributed by atoms with Crippen LogP contribution in [-0.2, 0) is 21.3 Å². The summed E-state index contributed by atoms with van der Waals surface area (Å²) in [4.78, 5) is 27.9. The number of thiophene rings is 1. The molecule has 1 amide bonds. The van der Waals surface area contributed by atoms with Gasteiger partial charge in [0.2, 0.25) is 5.91 Å². The molecule has 0 saturated carbocycles. The largest absolute Gasteiger partial charge is 0.351 e. The van der Waals surface area contributed by atoms with Crippen LogP contribution in [0.25, 0.3) is 21.3 Å². The van der Waals surface area contributed by atoms with Gasteiger partial charge >= 0.3 is 0 Å². The average molecular weight is 447 g/mol. The molecule has 1 fully saturated rings. The minimum Gasteiger partial charge on any atom is -0.351 e. The Balaban J connectivity index is 1.53. The molecule has 1 atom stereocenters. The van der Waals surface area contributed by atoms with Gasteiger partial charge in [0.15, 0.2) is 9.84 Å². The van der Waals surface area contributed by atoms with E-state index in [9.17, 15) is 18.0 Å². The fourth-order valence-corrected chi connectivity index (χ4v) is 6.03. The number of aromatic nitrogens is 2. The van der Waals surface area contributed by atoms with Crippen molar-refractivity contribution in [1.29, 1.82) is 0 Å². The predicted molar refractivity (Wildman–Crippen MR) is 117 cm³/mol. The molecule has 0 spiro atoms. The second kappa shape index (κ2) is 8.29. The fraction of sp³-hybridized carbons (Fsp3) is 0.350. The Labute approximate surface area is 178 Å². The van der Waals surface area contributed by atoms with Gasteiger partial charge < -0.3 is 5.32 Å². The third-order valence-corrected chi connectivity index (χ3v) is 7.65. The normalized spacial score (nSPS) is 18.1. The standard InChI is InChI=1S/C20H22N4O4S2/c1-23(11-18(25)21-14-8-10-30(27,28)12-14)13-24-20(26)16-6-3-2-5-15(16)19(22-24)17-7-4-9-29-17/h2-7,9,14H,8,10-13H2,1H3,(H,21,25). The molecule has 1 unspecified atom stereocenters. The molecule has 1 aliphatic rings. The third kappa shape index (κ3) is 4.45. The number of rotatable bonds is 6. The number of hydrogen-bond donors (Lipinski definition) is 1.